The SMILES string of the molecule is CC(C)(C)OC(=O)N1CC[C@@H](Nc2cc(N3CCOCC3)ncn2)C1. The Morgan fingerprint density at radius 3 is 2.76 bits per heavy atom. The number of carbonyl (C=O) groups is 1. The molecule has 0 radical (unpaired) electrons. The van der Waals surface area contributed by atoms with Gasteiger partial charge >= 0.3 is 6.09 Å². The molecular weight excluding hydrogens is 322 g/mol. The zero-order chi connectivity index (χ0) is 17.9. The molecule has 0 aliphatic carbocycles. The van der Waals surface area contributed by atoms with E-state index in [0.717, 1.165) is 44.4 Å². The molecular formula is C17H27N5O3. The maximum atomic E-state index is 12.2. The second-order valence-electron chi connectivity index (χ2n) is 7.42. The minimum Gasteiger partial charge on any atom is -0.444 e. The largest absolute Gasteiger partial charge is 0.444 e. The first-order valence-corrected chi connectivity index (χ1v) is 8.80. The van der Waals surface area contributed by atoms with E-state index in [1.807, 2.05) is 26.8 Å². The smallest absolute Gasteiger partial charge is 0.410 e. The molecule has 0 unspecified atom stereocenters. The van der Waals surface area contributed by atoms with Crippen molar-refractivity contribution in [2.24, 2.45) is 0 Å². The molecule has 0 bridgehead atoms. The molecule has 1 aromatic rings. The molecule has 2 aliphatic rings. The lowest BCUT2D eigenvalue weighted by Gasteiger charge is -2.28. The van der Waals surface area contributed by atoms with Crippen LogP contribution in [0.1, 0.15) is 27.2 Å². The van der Waals surface area contributed by atoms with Crippen molar-refractivity contribution in [3.63, 3.8) is 0 Å². The van der Waals surface area contributed by atoms with Crippen LogP contribution in [0.4, 0.5) is 16.4 Å². The molecule has 138 valence electrons. The predicted molar refractivity (Wildman–Crippen MR) is 94.9 cm³/mol. The topological polar surface area (TPSA) is 79.8 Å². The molecule has 1 amide bonds. The van der Waals surface area contributed by atoms with Crippen molar-refractivity contribution < 1.29 is 14.3 Å². The Bertz CT molecular complexity index is 598. The summed E-state index contributed by atoms with van der Waals surface area (Å²) in [7, 11) is 0. The van der Waals surface area contributed by atoms with E-state index in [2.05, 4.69) is 20.2 Å². The van der Waals surface area contributed by atoms with E-state index in [1.165, 1.54) is 0 Å². The van der Waals surface area contributed by atoms with Gasteiger partial charge in [-0.3, -0.25) is 0 Å². The lowest BCUT2D eigenvalue weighted by Crippen LogP contribution is -2.37. The predicted octanol–water partition coefficient (Wildman–Crippen LogP) is 1.73. The van der Waals surface area contributed by atoms with Crippen molar-refractivity contribution in [3.05, 3.63) is 12.4 Å². The first-order valence-electron chi connectivity index (χ1n) is 8.80. The minimum absolute atomic E-state index is 0.167. The van der Waals surface area contributed by atoms with Crippen molar-refractivity contribution in [1.29, 1.82) is 0 Å². The van der Waals surface area contributed by atoms with Crippen molar-refractivity contribution >= 4 is 17.7 Å². The highest BCUT2D eigenvalue weighted by atomic mass is 16.6. The summed E-state index contributed by atoms with van der Waals surface area (Å²) in [5.74, 6) is 1.69. The van der Waals surface area contributed by atoms with Crippen molar-refractivity contribution in [2.45, 2.75) is 38.8 Å². The Balaban J connectivity index is 1.55. The van der Waals surface area contributed by atoms with E-state index < -0.39 is 5.60 Å². The van der Waals surface area contributed by atoms with Crippen LogP contribution in [-0.4, -0.2) is 72.0 Å². The highest BCUT2D eigenvalue weighted by Crippen LogP contribution is 2.20. The summed E-state index contributed by atoms with van der Waals surface area (Å²) in [6, 6.07) is 2.13. The van der Waals surface area contributed by atoms with Crippen LogP contribution in [0.25, 0.3) is 0 Å². The quantitative estimate of drug-likeness (QED) is 0.890. The van der Waals surface area contributed by atoms with Gasteiger partial charge in [-0.25, -0.2) is 14.8 Å². The van der Waals surface area contributed by atoms with Gasteiger partial charge in [0, 0.05) is 38.3 Å². The first kappa shape index (κ1) is 17.7. The van der Waals surface area contributed by atoms with E-state index in [9.17, 15) is 4.79 Å². The summed E-state index contributed by atoms with van der Waals surface area (Å²) in [4.78, 5) is 24.8. The van der Waals surface area contributed by atoms with Crippen molar-refractivity contribution in [2.75, 3.05) is 49.6 Å². The van der Waals surface area contributed by atoms with E-state index >= 15 is 0 Å². The summed E-state index contributed by atoms with van der Waals surface area (Å²) in [5, 5.41) is 3.41. The van der Waals surface area contributed by atoms with Crippen LogP contribution in [0.15, 0.2) is 12.4 Å². The maximum absolute atomic E-state index is 12.2. The number of likely N-dealkylation sites (tertiary alicyclic amines) is 1. The van der Waals surface area contributed by atoms with Gasteiger partial charge in [-0.2, -0.15) is 0 Å². The van der Waals surface area contributed by atoms with E-state index in [4.69, 9.17) is 9.47 Å². The molecule has 2 fully saturated rings. The molecule has 1 N–H and O–H groups in total. The van der Waals surface area contributed by atoms with Crippen molar-refractivity contribution in [1.82, 2.24) is 14.9 Å². The number of nitrogens with one attached hydrogen (secondary N) is 1. The molecule has 1 atom stereocenters. The molecule has 3 heterocycles. The number of aromatic nitrogens is 2. The number of hydrogen-bond donors (Lipinski definition) is 1. The molecule has 8 nitrogen and oxygen atoms in total. The number of ether oxygens (including phenoxy) is 2. The summed E-state index contributed by atoms with van der Waals surface area (Å²) in [5.41, 5.74) is -0.470. The normalized spacial score (nSPS) is 21.3. The summed E-state index contributed by atoms with van der Waals surface area (Å²) >= 11 is 0. The third kappa shape index (κ3) is 4.94. The molecule has 0 aromatic carbocycles. The summed E-state index contributed by atoms with van der Waals surface area (Å²) in [6.07, 6.45) is 2.19. The van der Waals surface area contributed by atoms with Crippen LogP contribution in [0.5, 0.6) is 0 Å². The molecule has 0 spiro atoms. The van der Waals surface area contributed by atoms with Crippen LogP contribution in [0, 0.1) is 0 Å². The highest BCUT2D eigenvalue weighted by molar-refractivity contribution is 5.68. The van der Waals surface area contributed by atoms with Gasteiger partial charge in [-0.1, -0.05) is 0 Å². The molecule has 25 heavy (non-hydrogen) atoms. The first-order chi connectivity index (χ1) is 11.9. The Hall–Kier alpha value is -2.09. The molecule has 1 aromatic heterocycles. The third-order valence-electron chi connectivity index (χ3n) is 4.18. The fraction of sp³-hybridized carbons (Fsp3) is 0.706. The fourth-order valence-corrected chi connectivity index (χ4v) is 2.97. The Labute approximate surface area is 148 Å². The Morgan fingerprint density at radius 2 is 2.04 bits per heavy atom. The molecule has 0 saturated carbocycles. The average Bonchev–Trinajstić information content (AvgIpc) is 3.03. The van der Waals surface area contributed by atoms with Crippen LogP contribution in [-0.2, 0) is 9.47 Å². The second-order valence-corrected chi connectivity index (χ2v) is 7.42. The van der Waals surface area contributed by atoms with Crippen LogP contribution in [0.3, 0.4) is 0 Å². The number of nitrogens with zero attached hydrogens (tertiary/aromatic N) is 4. The highest BCUT2D eigenvalue weighted by Gasteiger charge is 2.30. The zero-order valence-electron chi connectivity index (χ0n) is 15.2. The number of amides is 1. The van der Waals surface area contributed by atoms with E-state index in [1.54, 1.807) is 11.2 Å². The fourth-order valence-electron chi connectivity index (χ4n) is 2.97. The van der Waals surface area contributed by atoms with Gasteiger partial charge in [-0.05, 0) is 27.2 Å². The lowest BCUT2D eigenvalue weighted by molar-refractivity contribution is 0.0293. The summed E-state index contributed by atoms with van der Waals surface area (Å²) < 4.78 is 10.8. The third-order valence-corrected chi connectivity index (χ3v) is 4.18. The number of anilines is 2. The van der Waals surface area contributed by atoms with Crippen LogP contribution >= 0.6 is 0 Å². The van der Waals surface area contributed by atoms with Gasteiger partial charge in [0.15, 0.2) is 0 Å². The molecule has 3 rings (SSSR count). The van der Waals surface area contributed by atoms with Crippen LogP contribution < -0.4 is 10.2 Å². The molecule has 2 saturated heterocycles. The van der Waals surface area contributed by atoms with Gasteiger partial charge < -0.3 is 24.6 Å². The van der Waals surface area contributed by atoms with Gasteiger partial charge in [0.25, 0.3) is 0 Å². The van der Waals surface area contributed by atoms with Gasteiger partial charge in [-0.15, -0.1) is 0 Å². The minimum atomic E-state index is -0.470. The van der Waals surface area contributed by atoms with Crippen molar-refractivity contribution in [3.8, 4) is 0 Å². The number of hydrogen-bond acceptors (Lipinski definition) is 7. The standard InChI is InChI=1S/C17H27N5O3/c1-17(2,3)25-16(23)22-5-4-13(11-22)20-14-10-15(19-12-18-14)21-6-8-24-9-7-21/h10,12-13H,4-9,11H2,1-3H3,(H,18,19,20)/t13-/m1/s1. The Morgan fingerprint density at radius 1 is 1.28 bits per heavy atom. The van der Waals surface area contributed by atoms with Gasteiger partial charge in [0.05, 0.1) is 13.2 Å². The van der Waals surface area contributed by atoms with Gasteiger partial charge in [0.1, 0.15) is 23.6 Å². The van der Waals surface area contributed by atoms with Crippen LogP contribution in [0.2, 0.25) is 0 Å². The van der Waals surface area contributed by atoms with Gasteiger partial charge in [0.2, 0.25) is 0 Å². The second kappa shape index (κ2) is 7.43. The zero-order valence-corrected chi connectivity index (χ0v) is 15.2. The molecule has 2 aliphatic heterocycles. The Kier molecular flexibility index (Phi) is 5.27. The van der Waals surface area contributed by atoms with E-state index in [-0.39, 0.29) is 12.1 Å². The maximum Gasteiger partial charge on any atom is 0.410 e. The summed E-state index contributed by atoms with van der Waals surface area (Å²) in [6.45, 7) is 10.1. The number of carbonyl (C=O) groups excluding carboxylic acids is 1. The van der Waals surface area contributed by atoms with E-state index in [0.29, 0.717) is 13.1 Å². The monoisotopic (exact) mass is 349 g/mol. The number of morpholine rings is 1. The lowest BCUT2D eigenvalue weighted by atomic mass is 10.2. The number of rotatable bonds is 3. The molecule has 8 heteroatoms. The average molecular weight is 349 g/mol.